The predicted octanol–water partition coefficient (Wildman–Crippen LogP) is 0.231. The maximum Gasteiger partial charge on any atom is 0.265 e. The highest BCUT2D eigenvalue weighted by Crippen LogP contribution is 2.23. The largest absolute Gasteiger partial charge is 0.352 e. The van der Waals surface area contributed by atoms with E-state index in [1.54, 1.807) is 0 Å². The highest BCUT2D eigenvalue weighted by Gasteiger charge is 2.20. The molecule has 1 heterocycles. The number of hydrogen-bond acceptors (Lipinski definition) is 3. The van der Waals surface area contributed by atoms with E-state index in [2.05, 4.69) is 17.3 Å². The van der Waals surface area contributed by atoms with Gasteiger partial charge in [-0.25, -0.2) is 4.68 Å². The Hall–Kier alpha value is -1.85. The summed E-state index contributed by atoms with van der Waals surface area (Å²) in [5, 5.41) is 5.26. The lowest BCUT2D eigenvalue weighted by molar-refractivity contribution is -0.122. The Morgan fingerprint density at radius 2 is 2.21 bits per heavy atom. The molecule has 1 saturated carbocycles. The van der Waals surface area contributed by atoms with Crippen molar-refractivity contribution in [3.8, 4) is 0 Å². The minimum Gasteiger partial charge on any atom is -0.352 e. The molecule has 0 spiro atoms. The molecular weight excluding hydrogens is 246 g/mol. The van der Waals surface area contributed by atoms with Crippen LogP contribution in [0.1, 0.15) is 32.6 Å². The molecule has 2 atom stereocenters. The summed E-state index contributed by atoms with van der Waals surface area (Å²) in [6, 6.07) is 2.50. The molecule has 19 heavy (non-hydrogen) atoms. The first kappa shape index (κ1) is 13.6. The van der Waals surface area contributed by atoms with E-state index in [9.17, 15) is 14.4 Å². The summed E-state index contributed by atoms with van der Waals surface area (Å²) in [6.07, 6.45) is 4.29. The monoisotopic (exact) mass is 265 g/mol. The second kappa shape index (κ2) is 5.86. The molecule has 0 aromatic carbocycles. The fraction of sp³-hybridized carbons (Fsp3) is 0.615. The zero-order valence-electron chi connectivity index (χ0n) is 11.0. The smallest absolute Gasteiger partial charge is 0.265 e. The van der Waals surface area contributed by atoms with E-state index in [0.29, 0.717) is 5.92 Å². The van der Waals surface area contributed by atoms with Crippen molar-refractivity contribution in [2.75, 3.05) is 0 Å². The predicted molar refractivity (Wildman–Crippen MR) is 70.9 cm³/mol. The highest BCUT2D eigenvalue weighted by molar-refractivity contribution is 5.75. The Kier molecular flexibility index (Phi) is 4.19. The minimum atomic E-state index is -0.390. The van der Waals surface area contributed by atoms with E-state index in [0.717, 1.165) is 36.1 Å². The molecule has 1 amide bonds. The maximum absolute atomic E-state index is 11.9. The number of H-pyrrole nitrogens is 1. The van der Waals surface area contributed by atoms with Crippen LogP contribution in [0.15, 0.2) is 21.7 Å². The van der Waals surface area contributed by atoms with Crippen LogP contribution < -0.4 is 16.4 Å². The van der Waals surface area contributed by atoms with Crippen LogP contribution in [-0.4, -0.2) is 21.7 Å². The molecule has 1 aliphatic rings. The number of nitrogens with zero attached hydrogens (tertiary/aromatic N) is 1. The summed E-state index contributed by atoms with van der Waals surface area (Å²) in [5.41, 5.74) is -0.773. The molecule has 6 nitrogen and oxygen atoms in total. The van der Waals surface area contributed by atoms with Gasteiger partial charge in [-0.1, -0.05) is 19.8 Å². The van der Waals surface area contributed by atoms with Gasteiger partial charge in [0, 0.05) is 18.2 Å². The van der Waals surface area contributed by atoms with Crippen LogP contribution in [0.2, 0.25) is 0 Å². The Labute approximate surface area is 110 Å². The minimum absolute atomic E-state index is 0.139. The number of aromatic amines is 1. The number of aromatic nitrogens is 2. The summed E-state index contributed by atoms with van der Waals surface area (Å²) in [5.74, 6) is 0.390. The Morgan fingerprint density at radius 3 is 2.95 bits per heavy atom. The van der Waals surface area contributed by atoms with E-state index < -0.39 is 5.56 Å². The third-order valence-electron chi connectivity index (χ3n) is 3.49. The average Bonchev–Trinajstić information content (AvgIpc) is 2.34. The van der Waals surface area contributed by atoms with E-state index in [1.807, 2.05) is 0 Å². The third-order valence-corrected chi connectivity index (χ3v) is 3.49. The molecule has 0 bridgehead atoms. The van der Waals surface area contributed by atoms with Crippen molar-refractivity contribution in [1.82, 2.24) is 15.1 Å². The van der Waals surface area contributed by atoms with Gasteiger partial charge in [0.25, 0.3) is 11.1 Å². The first-order valence-corrected chi connectivity index (χ1v) is 6.64. The van der Waals surface area contributed by atoms with Gasteiger partial charge in [0.2, 0.25) is 5.91 Å². The topological polar surface area (TPSA) is 84.0 Å². The third kappa shape index (κ3) is 3.81. The maximum atomic E-state index is 11.9. The first-order chi connectivity index (χ1) is 9.04. The van der Waals surface area contributed by atoms with Gasteiger partial charge in [-0.05, 0) is 18.8 Å². The van der Waals surface area contributed by atoms with E-state index in [4.69, 9.17) is 0 Å². The van der Waals surface area contributed by atoms with E-state index in [1.165, 1.54) is 6.42 Å². The van der Waals surface area contributed by atoms with Crippen molar-refractivity contribution in [2.24, 2.45) is 5.92 Å². The van der Waals surface area contributed by atoms with Crippen molar-refractivity contribution in [2.45, 2.75) is 45.2 Å². The normalized spacial score (nSPS) is 23.0. The quantitative estimate of drug-likeness (QED) is 0.820. The second-order valence-corrected chi connectivity index (χ2v) is 5.27. The summed E-state index contributed by atoms with van der Waals surface area (Å²) >= 11 is 0. The van der Waals surface area contributed by atoms with Crippen LogP contribution in [0.4, 0.5) is 0 Å². The lowest BCUT2D eigenvalue weighted by atomic mass is 9.87. The zero-order valence-corrected chi connectivity index (χ0v) is 11.0. The summed E-state index contributed by atoms with van der Waals surface area (Å²) in [4.78, 5) is 34.4. The molecule has 1 aromatic heterocycles. The van der Waals surface area contributed by atoms with Crippen molar-refractivity contribution in [1.29, 1.82) is 0 Å². The molecule has 0 unspecified atom stereocenters. The molecule has 0 radical (unpaired) electrons. The van der Waals surface area contributed by atoms with Gasteiger partial charge in [0.1, 0.15) is 6.54 Å². The fourth-order valence-electron chi connectivity index (χ4n) is 2.56. The number of carbonyl (C=O) groups excluding carboxylic acids is 1. The highest BCUT2D eigenvalue weighted by atomic mass is 16.2. The second-order valence-electron chi connectivity index (χ2n) is 5.27. The van der Waals surface area contributed by atoms with Crippen LogP contribution >= 0.6 is 0 Å². The van der Waals surface area contributed by atoms with Gasteiger partial charge < -0.3 is 5.32 Å². The van der Waals surface area contributed by atoms with Crippen LogP contribution in [0.25, 0.3) is 0 Å². The number of nitrogens with one attached hydrogen (secondary N) is 2. The number of hydrogen-bond donors (Lipinski definition) is 2. The molecule has 2 rings (SSSR count). The van der Waals surface area contributed by atoms with Crippen molar-refractivity contribution >= 4 is 5.91 Å². The molecule has 1 aliphatic carbocycles. The molecule has 1 fully saturated rings. The molecule has 2 N–H and O–H groups in total. The Bertz CT molecular complexity index is 561. The molecule has 0 aliphatic heterocycles. The molecular formula is C13H19N3O3. The van der Waals surface area contributed by atoms with Crippen LogP contribution in [0.3, 0.4) is 0 Å². The van der Waals surface area contributed by atoms with Gasteiger partial charge in [-0.2, -0.15) is 0 Å². The van der Waals surface area contributed by atoms with Gasteiger partial charge in [-0.3, -0.25) is 19.5 Å². The zero-order chi connectivity index (χ0) is 13.8. The molecule has 104 valence electrons. The standard InChI is InChI=1S/C13H19N3O3/c1-9-3-2-4-10(7-9)14-12(18)8-16-13(19)6-5-11(17)15-16/h5-6,9-10H,2-4,7-8H2,1H3,(H,14,18)(H,15,17)/t9-,10-/m0/s1. The van der Waals surface area contributed by atoms with Crippen LogP contribution in [0.5, 0.6) is 0 Å². The number of amides is 1. The first-order valence-electron chi connectivity index (χ1n) is 6.64. The Morgan fingerprint density at radius 1 is 1.42 bits per heavy atom. The summed E-state index contributed by atoms with van der Waals surface area (Å²) in [6.45, 7) is 2.04. The molecule has 6 heteroatoms. The lowest BCUT2D eigenvalue weighted by Crippen LogP contribution is -2.42. The molecule has 1 aromatic rings. The summed E-state index contributed by atoms with van der Waals surface area (Å²) in [7, 11) is 0. The Balaban J connectivity index is 1.95. The number of carbonyl (C=O) groups is 1. The van der Waals surface area contributed by atoms with E-state index >= 15 is 0 Å². The van der Waals surface area contributed by atoms with Gasteiger partial charge >= 0.3 is 0 Å². The number of rotatable bonds is 3. The fourth-order valence-corrected chi connectivity index (χ4v) is 2.56. The van der Waals surface area contributed by atoms with Crippen LogP contribution in [0, 0.1) is 5.92 Å². The van der Waals surface area contributed by atoms with Gasteiger partial charge in [-0.15, -0.1) is 0 Å². The molecule has 0 saturated heterocycles. The van der Waals surface area contributed by atoms with Gasteiger partial charge in [0.15, 0.2) is 0 Å². The van der Waals surface area contributed by atoms with E-state index in [-0.39, 0.29) is 24.1 Å². The average molecular weight is 265 g/mol. The van der Waals surface area contributed by atoms with Crippen LogP contribution in [-0.2, 0) is 11.3 Å². The lowest BCUT2D eigenvalue weighted by Gasteiger charge is -2.27. The summed E-state index contributed by atoms with van der Waals surface area (Å²) < 4.78 is 1.03. The van der Waals surface area contributed by atoms with Gasteiger partial charge in [0.05, 0.1) is 0 Å². The van der Waals surface area contributed by atoms with Crippen molar-refractivity contribution in [3.63, 3.8) is 0 Å². The van der Waals surface area contributed by atoms with Crippen molar-refractivity contribution in [3.05, 3.63) is 32.8 Å². The van der Waals surface area contributed by atoms with Crippen molar-refractivity contribution < 1.29 is 4.79 Å². The SMILES string of the molecule is C[C@H]1CCC[C@H](NC(=O)Cn2[nH]c(=O)ccc2=O)C1.